The first-order valence-electron chi connectivity index (χ1n) is 4.82. The van der Waals surface area contributed by atoms with Crippen LogP contribution in [0.25, 0.3) is 0 Å². The van der Waals surface area contributed by atoms with Gasteiger partial charge in [-0.05, 0) is 22.6 Å². The lowest BCUT2D eigenvalue weighted by Crippen LogP contribution is -2.32. The summed E-state index contributed by atoms with van der Waals surface area (Å²) in [6, 6.07) is 0. The first-order chi connectivity index (χ1) is 9.40. The Kier molecular flexibility index (Phi) is 4.58. The normalized spacial score (nSPS) is 22.0. The van der Waals surface area contributed by atoms with Crippen molar-refractivity contribution in [1.29, 1.82) is 0 Å². The summed E-state index contributed by atoms with van der Waals surface area (Å²) in [5.74, 6) is -4.03. The summed E-state index contributed by atoms with van der Waals surface area (Å²) in [7, 11) is 0. The molecule has 1 aliphatic carbocycles. The first kappa shape index (κ1) is 19.4. The molecule has 0 heterocycles. The highest BCUT2D eigenvalue weighted by Crippen LogP contribution is 2.60. The number of halogens is 13. The number of allylic oxidation sites excluding steroid dienone is 4. The number of hydrogen-bond donors (Lipinski definition) is 0. The largest absolute Gasteiger partial charge is 0.417 e. The van der Waals surface area contributed by atoms with Gasteiger partial charge in [-0.15, -0.1) is 0 Å². The Morgan fingerprint density at radius 3 is 1.18 bits per heavy atom. The van der Waals surface area contributed by atoms with Crippen molar-refractivity contribution >= 4 is 22.6 Å². The zero-order valence-electron chi connectivity index (χ0n) is 9.49. The Morgan fingerprint density at radius 2 is 0.955 bits per heavy atom. The maximum atomic E-state index is 12.6. The van der Waals surface area contributed by atoms with Crippen LogP contribution >= 0.6 is 22.6 Å². The van der Waals surface area contributed by atoms with Crippen LogP contribution in [0.2, 0.25) is 0 Å². The van der Waals surface area contributed by atoms with Gasteiger partial charge in [0.15, 0.2) is 0 Å². The minimum atomic E-state index is -6.26. The monoisotopic (exact) mass is 464 g/mol. The van der Waals surface area contributed by atoms with E-state index in [1.165, 1.54) is 0 Å². The zero-order chi connectivity index (χ0) is 17.9. The van der Waals surface area contributed by atoms with E-state index in [2.05, 4.69) is 0 Å². The van der Waals surface area contributed by atoms with Crippen LogP contribution in [0.15, 0.2) is 20.3 Å². The average Bonchev–Trinajstić information content (AvgIpc) is 2.48. The van der Waals surface area contributed by atoms with E-state index in [-0.39, 0.29) is 22.6 Å². The van der Waals surface area contributed by atoms with Crippen molar-refractivity contribution in [3.8, 4) is 0 Å². The highest BCUT2D eigenvalue weighted by atomic mass is 127. The molecule has 1 rings (SSSR count). The van der Waals surface area contributed by atoms with Gasteiger partial charge in [-0.25, -0.2) is 0 Å². The average molecular weight is 464 g/mol. The van der Waals surface area contributed by atoms with Crippen LogP contribution in [0.4, 0.5) is 52.7 Å². The van der Waals surface area contributed by atoms with E-state index in [0.717, 1.165) is 0 Å². The quantitative estimate of drug-likeness (QED) is 0.312. The van der Waals surface area contributed by atoms with Gasteiger partial charge in [0.2, 0.25) is 0 Å². The summed E-state index contributed by atoms with van der Waals surface area (Å²) in [5.41, 5.74) is -9.61. The second-order valence-electron chi connectivity index (χ2n) is 3.98. The molecule has 0 nitrogen and oxygen atoms in total. The van der Waals surface area contributed by atoms with Crippen molar-refractivity contribution in [3.05, 3.63) is 20.3 Å². The van der Waals surface area contributed by atoms with Crippen LogP contribution in [0.1, 0.15) is 0 Å². The molecule has 1 unspecified atom stereocenters. The molecular weight excluding hydrogens is 463 g/mol. The highest BCUT2D eigenvalue weighted by molar-refractivity contribution is 14.1. The Labute approximate surface area is 127 Å². The van der Waals surface area contributed by atoms with Gasteiger partial charge >= 0.3 is 24.7 Å². The van der Waals surface area contributed by atoms with Crippen molar-refractivity contribution < 1.29 is 52.7 Å². The van der Waals surface area contributed by atoms with Crippen molar-refractivity contribution in [2.24, 2.45) is 5.92 Å². The fourth-order valence-corrected chi connectivity index (χ4v) is 3.09. The van der Waals surface area contributed by atoms with Crippen molar-refractivity contribution in [2.45, 2.75) is 24.7 Å². The second-order valence-corrected chi connectivity index (χ2v) is 5.14. The van der Waals surface area contributed by atoms with E-state index < -0.39 is 50.9 Å². The minimum absolute atomic E-state index is 0.215. The molecule has 0 amide bonds. The minimum Gasteiger partial charge on any atom is -0.170 e. The summed E-state index contributed by atoms with van der Waals surface area (Å²) in [5, 5.41) is 0. The number of alkyl halides is 12. The Hall–Kier alpha value is -0.630. The number of rotatable bonds is 0. The van der Waals surface area contributed by atoms with Gasteiger partial charge in [0.1, 0.15) is 5.92 Å². The number of hydrogen-bond acceptors (Lipinski definition) is 0. The van der Waals surface area contributed by atoms with Crippen LogP contribution in [0.3, 0.4) is 0 Å². The lowest BCUT2D eigenvalue weighted by molar-refractivity contribution is -0.176. The third-order valence-corrected chi connectivity index (χ3v) is 3.66. The molecule has 0 spiro atoms. The van der Waals surface area contributed by atoms with E-state index >= 15 is 0 Å². The molecule has 0 fully saturated rings. The van der Waals surface area contributed by atoms with E-state index in [4.69, 9.17) is 0 Å². The van der Waals surface area contributed by atoms with Gasteiger partial charge in [0, 0.05) is 3.58 Å². The lowest BCUT2D eigenvalue weighted by Gasteiger charge is -2.22. The zero-order valence-corrected chi connectivity index (χ0v) is 11.6. The molecule has 128 valence electrons. The molecule has 22 heavy (non-hydrogen) atoms. The van der Waals surface area contributed by atoms with Crippen molar-refractivity contribution in [2.75, 3.05) is 0 Å². The van der Waals surface area contributed by atoms with Crippen molar-refractivity contribution in [1.82, 2.24) is 0 Å². The molecule has 0 aliphatic heterocycles. The van der Waals surface area contributed by atoms with Crippen LogP contribution in [-0.2, 0) is 0 Å². The molecule has 0 saturated carbocycles. The molecule has 0 aromatic carbocycles. The third kappa shape index (κ3) is 3.48. The van der Waals surface area contributed by atoms with Gasteiger partial charge in [0.25, 0.3) is 0 Å². The van der Waals surface area contributed by atoms with Crippen LogP contribution < -0.4 is 0 Å². The third-order valence-electron chi connectivity index (χ3n) is 2.50. The molecule has 1 atom stereocenters. The van der Waals surface area contributed by atoms with Crippen LogP contribution in [0, 0.1) is 5.92 Å². The predicted octanol–water partition coefficient (Wildman–Crippen LogP) is 5.85. The second kappa shape index (κ2) is 5.19. The summed E-state index contributed by atoms with van der Waals surface area (Å²) >= 11 is 0.215. The Bertz CT molecular complexity index is 523. The summed E-state index contributed by atoms with van der Waals surface area (Å²) in [6.45, 7) is 0. The molecule has 0 aromatic rings. The van der Waals surface area contributed by atoms with Gasteiger partial charge in [-0.1, -0.05) is 0 Å². The molecule has 0 N–H and O–H groups in total. The van der Waals surface area contributed by atoms with E-state index in [1.54, 1.807) is 0 Å². The fraction of sp³-hybridized carbons (Fsp3) is 0.556. The van der Waals surface area contributed by atoms with Gasteiger partial charge < -0.3 is 0 Å². The fourth-order valence-electron chi connectivity index (χ4n) is 1.85. The van der Waals surface area contributed by atoms with Gasteiger partial charge in [-0.2, -0.15) is 52.7 Å². The SMILES string of the molecule is FC(F)(F)C1=C(I)C(C(F)(F)F)C(C(F)(F)F)=C1C(F)(F)F. The highest BCUT2D eigenvalue weighted by Gasteiger charge is 2.65. The maximum absolute atomic E-state index is 12.6. The molecule has 1 aliphatic rings. The summed E-state index contributed by atoms with van der Waals surface area (Å²) in [4.78, 5) is 0. The van der Waals surface area contributed by atoms with E-state index in [1.807, 2.05) is 0 Å². The van der Waals surface area contributed by atoms with Crippen LogP contribution in [-0.4, -0.2) is 24.7 Å². The summed E-state index contributed by atoms with van der Waals surface area (Å²) in [6.07, 6.45) is -24.5. The standard InChI is InChI=1S/C9HF12I/c10-6(11,12)1-2(7(13,14)15)4(9(19,20)21)5(22)3(1)8(16,17)18/h3H. The molecule has 0 saturated heterocycles. The molecular formula is C9HF12I. The Balaban J connectivity index is 3.90. The topological polar surface area (TPSA) is 0 Å². The van der Waals surface area contributed by atoms with Crippen molar-refractivity contribution in [3.63, 3.8) is 0 Å². The lowest BCUT2D eigenvalue weighted by atomic mass is 9.98. The molecule has 0 radical (unpaired) electrons. The van der Waals surface area contributed by atoms with Crippen LogP contribution in [0.5, 0.6) is 0 Å². The molecule has 0 bridgehead atoms. The maximum Gasteiger partial charge on any atom is 0.417 e. The molecule has 0 aromatic heterocycles. The Morgan fingerprint density at radius 1 is 0.591 bits per heavy atom. The van der Waals surface area contributed by atoms with E-state index in [0.29, 0.717) is 0 Å². The van der Waals surface area contributed by atoms with Gasteiger partial charge in [0.05, 0.1) is 16.7 Å². The predicted molar refractivity (Wildman–Crippen MR) is 55.8 cm³/mol. The van der Waals surface area contributed by atoms with E-state index in [9.17, 15) is 52.7 Å². The molecule has 13 heteroatoms. The summed E-state index contributed by atoms with van der Waals surface area (Å²) < 4.78 is 149. The first-order valence-corrected chi connectivity index (χ1v) is 5.90. The van der Waals surface area contributed by atoms with Gasteiger partial charge in [-0.3, -0.25) is 0 Å². The smallest absolute Gasteiger partial charge is 0.170 e.